The van der Waals surface area contributed by atoms with Crippen molar-refractivity contribution >= 4 is 17.6 Å². The van der Waals surface area contributed by atoms with E-state index in [0.717, 1.165) is 25.2 Å². The van der Waals surface area contributed by atoms with Crippen LogP contribution in [0.3, 0.4) is 0 Å². The molecule has 1 aliphatic rings. The van der Waals surface area contributed by atoms with E-state index < -0.39 is 0 Å². The summed E-state index contributed by atoms with van der Waals surface area (Å²) in [5.41, 5.74) is 7.55. The van der Waals surface area contributed by atoms with Gasteiger partial charge >= 0.3 is 0 Å². The van der Waals surface area contributed by atoms with Crippen LogP contribution in [0.2, 0.25) is 0 Å². The zero-order chi connectivity index (χ0) is 11.4. The van der Waals surface area contributed by atoms with Crippen LogP contribution in [0, 0.1) is 5.41 Å². The zero-order valence-electron chi connectivity index (χ0n) is 9.28. The Labute approximate surface area is 101 Å². The third kappa shape index (κ3) is 3.00. The zero-order valence-corrected chi connectivity index (χ0v) is 10.1. The fourth-order valence-electron chi connectivity index (χ4n) is 1.85. The van der Waals surface area contributed by atoms with Gasteiger partial charge in [0.05, 0.1) is 0 Å². The Bertz CT molecular complexity index is 372. The van der Waals surface area contributed by atoms with Gasteiger partial charge in [0.25, 0.3) is 0 Å². The van der Waals surface area contributed by atoms with Crippen molar-refractivity contribution in [3.63, 3.8) is 0 Å². The van der Waals surface area contributed by atoms with E-state index in [1.807, 2.05) is 30.0 Å². The molecule has 0 unspecified atom stereocenters. The van der Waals surface area contributed by atoms with Gasteiger partial charge in [-0.05, 0) is 11.6 Å². The molecule has 4 heteroatoms. The van der Waals surface area contributed by atoms with Crippen molar-refractivity contribution in [2.45, 2.75) is 6.54 Å². The molecule has 0 spiro atoms. The van der Waals surface area contributed by atoms with Crippen molar-refractivity contribution in [1.82, 2.24) is 4.90 Å². The van der Waals surface area contributed by atoms with E-state index in [2.05, 4.69) is 11.0 Å². The number of nitrogens with one attached hydrogen (secondary N) is 1. The van der Waals surface area contributed by atoms with Gasteiger partial charge in [0, 0.05) is 36.7 Å². The molecular formula is C12H17N3S. The van der Waals surface area contributed by atoms with Crippen LogP contribution in [0.4, 0.5) is 0 Å². The van der Waals surface area contributed by atoms with Crippen molar-refractivity contribution in [3.8, 4) is 0 Å². The molecule has 3 nitrogen and oxygen atoms in total. The van der Waals surface area contributed by atoms with Gasteiger partial charge in [-0.2, -0.15) is 11.8 Å². The maximum Gasteiger partial charge on any atom is 0.122 e. The Balaban J connectivity index is 2.02. The second-order valence-electron chi connectivity index (χ2n) is 4.00. The van der Waals surface area contributed by atoms with Crippen LogP contribution in [0.5, 0.6) is 0 Å². The second kappa shape index (κ2) is 5.37. The van der Waals surface area contributed by atoms with Gasteiger partial charge in [0.1, 0.15) is 5.84 Å². The molecule has 0 radical (unpaired) electrons. The second-order valence-corrected chi connectivity index (χ2v) is 5.23. The molecular weight excluding hydrogens is 218 g/mol. The summed E-state index contributed by atoms with van der Waals surface area (Å²) < 4.78 is 0. The first-order chi connectivity index (χ1) is 7.75. The molecule has 0 atom stereocenters. The van der Waals surface area contributed by atoms with E-state index in [-0.39, 0.29) is 5.84 Å². The van der Waals surface area contributed by atoms with Gasteiger partial charge < -0.3 is 5.73 Å². The monoisotopic (exact) mass is 235 g/mol. The summed E-state index contributed by atoms with van der Waals surface area (Å²) in [6, 6.07) is 7.99. The van der Waals surface area contributed by atoms with Crippen molar-refractivity contribution in [3.05, 3.63) is 35.4 Å². The first-order valence-electron chi connectivity index (χ1n) is 5.49. The standard InChI is InChI=1S/C12H17N3S/c13-12(14)11-3-1-2-10(8-11)9-15-4-6-16-7-5-15/h1-3,8H,4-7,9H2,(H3,13,14). The summed E-state index contributed by atoms with van der Waals surface area (Å²) in [5.74, 6) is 2.61. The maximum atomic E-state index is 7.41. The van der Waals surface area contributed by atoms with Gasteiger partial charge in [-0.15, -0.1) is 0 Å². The van der Waals surface area contributed by atoms with Crippen molar-refractivity contribution in [2.24, 2.45) is 5.73 Å². The Morgan fingerprint density at radius 3 is 2.81 bits per heavy atom. The Morgan fingerprint density at radius 2 is 2.12 bits per heavy atom. The molecule has 1 aromatic carbocycles. The molecule has 0 amide bonds. The number of hydrogen-bond acceptors (Lipinski definition) is 3. The highest BCUT2D eigenvalue weighted by Crippen LogP contribution is 2.13. The quantitative estimate of drug-likeness (QED) is 0.617. The predicted molar refractivity (Wildman–Crippen MR) is 70.1 cm³/mol. The van der Waals surface area contributed by atoms with E-state index >= 15 is 0 Å². The highest BCUT2D eigenvalue weighted by Gasteiger charge is 2.10. The lowest BCUT2D eigenvalue weighted by atomic mass is 10.1. The molecule has 1 saturated heterocycles. The number of rotatable bonds is 3. The number of amidine groups is 1. The lowest BCUT2D eigenvalue weighted by molar-refractivity contribution is 0.294. The topological polar surface area (TPSA) is 53.1 Å². The van der Waals surface area contributed by atoms with Gasteiger partial charge in [-0.1, -0.05) is 18.2 Å². The van der Waals surface area contributed by atoms with Crippen molar-refractivity contribution < 1.29 is 0 Å². The van der Waals surface area contributed by atoms with Crippen LogP contribution in [0.1, 0.15) is 11.1 Å². The van der Waals surface area contributed by atoms with Crippen molar-refractivity contribution in [2.75, 3.05) is 24.6 Å². The van der Waals surface area contributed by atoms with Crippen LogP contribution < -0.4 is 5.73 Å². The summed E-state index contributed by atoms with van der Waals surface area (Å²) in [5, 5.41) is 7.41. The lowest BCUT2D eigenvalue weighted by Gasteiger charge is -2.26. The minimum Gasteiger partial charge on any atom is -0.384 e. The molecule has 1 heterocycles. The molecule has 2 rings (SSSR count). The highest BCUT2D eigenvalue weighted by molar-refractivity contribution is 7.99. The first kappa shape index (κ1) is 11.5. The number of nitrogens with zero attached hydrogens (tertiary/aromatic N) is 1. The van der Waals surface area contributed by atoms with E-state index in [1.165, 1.54) is 17.1 Å². The Kier molecular flexibility index (Phi) is 3.85. The van der Waals surface area contributed by atoms with Crippen LogP contribution in [-0.2, 0) is 6.54 Å². The summed E-state index contributed by atoms with van der Waals surface area (Å²) in [6.07, 6.45) is 0. The van der Waals surface area contributed by atoms with Crippen LogP contribution >= 0.6 is 11.8 Å². The molecule has 0 bridgehead atoms. The number of nitrogens with two attached hydrogens (primary N) is 1. The number of nitrogen functional groups attached to an aromatic ring is 1. The number of thioether (sulfide) groups is 1. The van der Waals surface area contributed by atoms with Crippen LogP contribution in [0.15, 0.2) is 24.3 Å². The predicted octanol–water partition coefficient (Wildman–Crippen LogP) is 1.52. The largest absolute Gasteiger partial charge is 0.384 e. The van der Waals surface area contributed by atoms with E-state index in [0.29, 0.717) is 0 Å². The normalized spacial score (nSPS) is 17.2. The lowest BCUT2D eigenvalue weighted by Crippen LogP contribution is -2.32. The Hall–Kier alpha value is -1.00. The number of benzene rings is 1. The van der Waals surface area contributed by atoms with E-state index in [9.17, 15) is 0 Å². The van der Waals surface area contributed by atoms with Gasteiger partial charge in [-0.3, -0.25) is 10.3 Å². The van der Waals surface area contributed by atoms with E-state index in [1.54, 1.807) is 0 Å². The van der Waals surface area contributed by atoms with Crippen molar-refractivity contribution in [1.29, 1.82) is 5.41 Å². The molecule has 3 N–H and O–H groups in total. The van der Waals surface area contributed by atoms with Gasteiger partial charge in [0.15, 0.2) is 0 Å². The molecule has 1 aromatic rings. The van der Waals surface area contributed by atoms with Crippen LogP contribution in [-0.4, -0.2) is 35.3 Å². The average Bonchev–Trinajstić information content (AvgIpc) is 2.30. The summed E-state index contributed by atoms with van der Waals surface area (Å²) >= 11 is 2.02. The minimum absolute atomic E-state index is 0.149. The maximum absolute atomic E-state index is 7.41. The molecule has 0 aliphatic carbocycles. The highest BCUT2D eigenvalue weighted by atomic mass is 32.2. The third-order valence-electron chi connectivity index (χ3n) is 2.75. The molecule has 1 aliphatic heterocycles. The van der Waals surface area contributed by atoms with Crippen LogP contribution in [0.25, 0.3) is 0 Å². The third-order valence-corrected chi connectivity index (χ3v) is 3.69. The average molecular weight is 235 g/mol. The number of hydrogen-bond donors (Lipinski definition) is 2. The van der Waals surface area contributed by atoms with E-state index in [4.69, 9.17) is 11.1 Å². The summed E-state index contributed by atoms with van der Waals surface area (Å²) in [7, 11) is 0. The first-order valence-corrected chi connectivity index (χ1v) is 6.64. The molecule has 0 aromatic heterocycles. The van der Waals surface area contributed by atoms with Gasteiger partial charge in [0.2, 0.25) is 0 Å². The molecule has 16 heavy (non-hydrogen) atoms. The minimum atomic E-state index is 0.149. The van der Waals surface area contributed by atoms with Gasteiger partial charge in [-0.25, -0.2) is 0 Å². The smallest absolute Gasteiger partial charge is 0.122 e. The fourth-order valence-corrected chi connectivity index (χ4v) is 2.83. The molecule has 1 fully saturated rings. The molecule has 0 saturated carbocycles. The summed E-state index contributed by atoms with van der Waals surface area (Å²) in [6.45, 7) is 3.30. The fraction of sp³-hybridized carbons (Fsp3) is 0.417. The SMILES string of the molecule is N=C(N)c1cccc(CN2CCSCC2)c1. The summed E-state index contributed by atoms with van der Waals surface area (Å²) in [4.78, 5) is 2.45. The Morgan fingerprint density at radius 1 is 1.38 bits per heavy atom. The molecule has 86 valence electrons.